The Balaban J connectivity index is 2.43. The molecule has 1 rings (SSSR count). The van der Waals surface area contributed by atoms with Gasteiger partial charge in [0, 0.05) is 18.7 Å². The SMILES string of the molecule is CC(=N)C(C#N)C(=O)COC(=O)CN1CCCCCC1=O. The third-order valence-corrected chi connectivity index (χ3v) is 3.25. The van der Waals surface area contributed by atoms with E-state index in [9.17, 15) is 14.4 Å². The molecule has 7 heteroatoms. The number of carbonyl (C=O) groups is 3. The molecule has 0 aromatic carbocycles. The molecule has 0 radical (unpaired) electrons. The Morgan fingerprint density at radius 3 is 2.76 bits per heavy atom. The normalized spacial score (nSPS) is 16.6. The van der Waals surface area contributed by atoms with Gasteiger partial charge in [0.2, 0.25) is 5.91 Å². The molecule has 21 heavy (non-hydrogen) atoms. The van der Waals surface area contributed by atoms with E-state index in [1.54, 1.807) is 6.07 Å². The van der Waals surface area contributed by atoms with Crippen molar-refractivity contribution in [1.29, 1.82) is 10.7 Å². The van der Waals surface area contributed by atoms with E-state index in [-0.39, 0.29) is 18.2 Å². The number of nitrogens with one attached hydrogen (secondary N) is 1. The highest BCUT2D eigenvalue weighted by atomic mass is 16.5. The lowest BCUT2D eigenvalue weighted by Gasteiger charge is -2.19. The molecule has 1 fully saturated rings. The number of likely N-dealkylation sites (tertiary alicyclic amines) is 1. The van der Waals surface area contributed by atoms with Gasteiger partial charge in [0.05, 0.1) is 6.07 Å². The molecule has 0 spiro atoms. The Bertz CT molecular complexity index is 481. The topological polar surface area (TPSA) is 111 Å². The van der Waals surface area contributed by atoms with Gasteiger partial charge in [-0.25, -0.2) is 0 Å². The van der Waals surface area contributed by atoms with Gasteiger partial charge in [-0.2, -0.15) is 5.26 Å². The molecule has 7 nitrogen and oxygen atoms in total. The van der Waals surface area contributed by atoms with Gasteiger partial charge in [0.1, 0.15) is 12.5 Å². The fourth-order valence-corrected chi connectivity index (χ4v) is 2.05. The lowest BCUT2D eigenvalue weighted by atomic mass is 10.0. The summed E-state index contributed by atoms with van der Waals surface area (Å²) in [6.07, 6.45) is 3.06. The average Bonchev–Trinajstić information content (AvgIpc) is 2.62. The number of ether oxygens (including phenoxy) is 1. The van der Waals surface area contributed by atoms with Crippen LogP contribution in [-0.4, -0.2) is 48.0 Å². The third-order valence-electron chi connectivity index (χ3n) is 3.25. The molecule has 1 aliphatic heterocycles. The van der Waals surface area contributed by atoms with Crippen LogP contribution in [0.25, 0.3) is 0 Å². The zero-order valence-corrected chi connectivity index (χ0v) is 12.1. The second-order valence-electron chi connectivity index (χ2n) is 5.00. The van der Waals surface area contributed by atoms with Crippen LogP contribution in [0.15, 0.2) is 0 Å². The zero-order valence-electron chi connectivity index (χ0n) is 12.1. The van der Waals surface area contributed by atoms with E-state index in [2.05, 4.69) is 0 Å². The number of amides is 1. The largest absolute Gasteiger partial charge is 0.456 e. The minimum Gasteiger partial charge on any atom is -0.456 e. The van der Waals surface area contributed by atoms with Crippen LogP contribution in [0.4, 0.5) is 0 Å². The van der Waals surface area contributed by atoms with Gasteiger partial charge in [-0.1, -0.05) is 6.42 Å². The predicted molar refractivity (Wildman–Crippen MR) is 73.5 cm³/mol. The molecule has 0 bridgehead atoms. The van der Waals surface area contributed by atoms with Crippen LogP contribution in [0.1, 0.15) is 32.6 Å². The fourth-order valence-electron chi connectivity index (χ4n) is 2.05. The van der Waals surface area contributed by atoms with Crippen molar-refractivity contribution in [2.45, 2.75) is 32.6 Å². The van der Waals surface area contributed by atoms with Gasteiger partial charge in [0.25, 0.3) is 0 Å². The summed E-state index contributed by atoms with van der Waals surface area (Å²) in [6, 6.07) is 1.69. The first kappa shape index (κ1) is 16.8. The molecule has 1 amide bonds. The van der Waals surface area contributed by atoms with Gasteiger partial charge >= 0.3 is 5.97 Å². The van der Waals surface area contributed by atoms with Crippen molar-refractivity contribution in [2.75, 3.05) is 19.7 Å². The van der Waals surface area contributed by atoms with Crippen molar-refractivity contribution >= 4 is 23.4 Å². The predicted octanol–water partition coefficient (Wildman–Crippen LogP) is 0.681. The van der Waals surface area contributed by atoms with Crippen LogP contribution < -0.4 is 0 Å². The fraction of sp³-hybridized carbons (Fsp3) is 0.643. The highest BCUT2D eigenvalue weighted by molar-refractivity contribution is 6.06. The summed E-state index contributed by atoms with van der Waals surface area (Å²) in [5, 5.41) is 16.0. The van der Waals surface area contributed by atoms with Gasteiger partial charge in [0.15, 0.2) is 12.4 Å². The molecule has 0 aliphatic carbocycles. The molecule has 1 heterocycles. The first-order valence-electron chi connectivity index (χ1n) is 6.86. The molecular weight excluding hydrogens is 274 g/mol. The van der Waals surface area contributed by atoms with E-state index in [4.69, 9.17) is 15.4 Å². The maximum Gasteiger partial charge on any atom is 0.326 e. The Hall–Kier alpha value is -2.23. The number of Topliss-reactive ketones (excluding diaryl/α,β-unsaturated/α-hetero) is 1. The zero-order chi connectivity index (χ0) is 15.8. The summed E-state index contributed by atoms with van der Waals surface area (Å²) < 4.78 is 4.80. The first-order chi connectivity index (χ1) is 9.95. The Labute approximate surface area is 123 Å². The molecule has 1 unspecified atom stereocenters. The number of rotatable bonds is 6. The number of hydrogen-bond acceptors (Lipinski definition) is 6. The van der Waals surface area contributed by atoms with Crippen LogP contribution in [0, 0.1) is 22.7 Å². The monoisotopic (exact) mass is 293 g/mol. The molecule has 1 saturated heterocycles. The third kappa shape index (κ3) is 5.34. The van der Waals surface area contributed by atoms with Crippen molar-refractivity contribution in [3.05, 3.63) is 0 Å². The molecule has 0 aromatic rings. The van der Waals surface area contributed by atoms with Crippen molar-refractivity contribution in [2.24, 2.45) is 5.92 Å². The summed E-state index contributed by atoms with van der Waals surface area (Å²) in [5.74, 6) is -2.56. The number of hydrogen-bond donors (Lipinski definition) is 1. The second kappa shape index (κ2) is 8.15. The minimum absolute atomic E-state index is 0.0822. The maximum absolute atomic E-state index is 11.7. The van der Waals surface area contributed by atoms with E-state index < -0.39 is 24.3 Å². The highest BCUT2D eigenvalue weighted by Gasteiger charge is 2.23. The number of ketones is 1. The smallest absolute Gasteiger partial charge is 0.326 e. The molecular formula is C14H19N3O4. The molecule has 1 atom stereocenters. The van der Waals surface area contributed by atoms with E-state index in [0.29, 0.717) is 13.0 Å². The van der Waals surface area contributed by atoms with Gasteiger partial charge in [-0.05, 0) is 19.8 Å². The average molecular weight is 293 g/mol. The van der Waals surface area contributed by atoms with E-state index in [1.165, 1.54) is 11.8 Å². The number of nitrogens with zero attached hydrogens (tertiary/aromatic N) is 2. The van der Waals surface area contributed by atoms with Crippen LogP contribution in [-0.2, 0) is 19.1 Å². The highest BCUT2D eigenvalue weighted by Crippen LogP contribution is 2.11. The van der Waals surface area contributed by atoms with Crippen molar-refractivity contribution in [3.63, 3.8) is 0 Å². The quantitative estimate of drug-likeness (QED) is 0.571. The number of nitriles is 1. The van der Waals surface area contributed by atoms with Crippen LogP contribution >= 0.6 is 0 Å². The van der Waals surface area contributed by atoms with Crippen LogP contribution in [0.3, 0.4) is 0 Å². The Morgan fingerprint density at radius 1 is 1.43 bits per heavy atom. The van der Waals surface area contributed by atoms with Crippen molar-refractivity contribution in [3.8, 4) is 6.07 Å². The van der Waals surface area contributed by atoms with Gasteiger partial charge in [-0.3, -0.25) is 14.4 Å². The summed E-state index contributed by atoms with van der Waals surface area (Å²) in [7, 11) is 0. The Morgan fingerprint density at radius 2 is 2.14 bits per heavy atom. The van der Waals surface area contributed by atoms with E-state index >= 15 is 0 Å². The van der Waals surface area contributed by atoms with Gasteiger partial charge in [-0.15, -0.1) is 0 Å². The van der Waals surface area contributed by atoms with Crippen LogP contribution in [0.2, 0.25) is 0 Å². The number of esters is 1. The van der Waals surface area contributed by atoms with Crippen molar-refractivity contribution in [1.82, 2.24) is 4.90 Å². The van der Waals surface area contributed by atoms with E-state index in [1.807, 2.05) is 0 Å². The molecule has 1 aliphatic rings. The van der Waals surface area contributed by atoms with Crippen molar-refractivity contribution < 1.29 is 19.1 Å². The molecule has 114 valence electrons. The molecule has 1 N–H and O–H groups in total. The maximum atomic E-state index is 11.7. The standard InChI is InChI=1S/C14H19N3O4/c1-10(16)11(7-15)12(18)9-21-14(20)8-17-6-4-2-3-5-13(17)19/h11,16H,2-6,8-9H2,1H3. The summed E-state index contributed by atoms with van der Waals surface area (Å²) in [5.41, 5.74) is -0.0822. The summed E-state index contributed by atoms with van der Waals surface area (Å²) in [4.78, 5) is 36.4. The van der Waals surface area contributed by atoms with Gasteiger partial charge < -0.3 is 15.0 Å². The number of carbonyl (C=O) groups excluding carboxylic acids is 3. The minimum atomic E-state index is -1.18. The lowest BCUT2D eigenvalue weighted by Crippen LogP contribution is -2.37. The van der Waals surface area contributed by atoms with E-state index in [0.717, 1.165) is 19.3 Å². The summed E-state index contributed by atoms with van der Waals surface area (Å²) >= 11 is 0. The Kier molecular flexibility index (Phi) is 6.53. The van der Waals surface area contributed by atoms with Crippen LogP contribution in [0.5, 0.6) is 0 Å². The molecule has 0 saturated carbocycles. The first-order valence-corrected chi connectivity index (χ1v) is 6.86. The lowest BCUT2D eigenvalue weighted by molar-refractivity contribution is -0.152. The summed E-state index contributed by atoms with van der Waals surface area (Å²) in [6.45, 7) is 1.15. The second-order valence-corrected chi connectivity index (χ2v) is 5.00. The molecule has 0 aromatic heterocycles.